The van der Waals surface area contributed by atoms with Crippen LogP contribution in [0, 0.1) is 0 Å². The summed E-state index contributed by atoms with van der Waals surface area (Å²) in [6.45, 7) is 1.66. The van der Waals surface area contributed by atoms with Crippen LogP contribution in [0.5, 0.6) is 5.75 Å². The van der Waals surface area contributed by atoms with Gasteiger partial charge < -0.3 is 14.6 Å². The van der Waals surface area contributed by atoms with Gasteiger partial charge in [-0.15, -0.1) is 0 Å². The monoisotopic (exact) mass is 384 g/mol. The number of fused-ring (bicyclic) bond motifs is 1. The summed E-state index contributed by atoms with van der Waals surface area (Å²) in [5, 5.41) is 10.4. The van der Waals surface area contributed by atoms with E-state index in [0.717, 1.165) is 5.56 Å². The van der Waals surface area contributed by atoms with E-state index in [1.807, 2.05) is 22.9 Å². The minimum atomic E-state index is -0.641. The lowest BCUT2D eigenvalue weighted by molar-refractivity contribution is -0.128. The molecule has 0 saturated carbocycles. The van der Waals surface area contributed by atoms with Crippen molar-refractivity contribution in [1.82, 2.24) is 15.5 Å². The fourth-order valence-corrected chi connectivity index (χ4v) is 3.36. The lowest BCUT2D eigenvalue weighted by Crippen LogP contribution is -2.48. The number of hydrogen-bond donors (Lipinski definition) is 1. The third-order valence-electron chi connectivity index (χ3n) is 4.06. The third-order valence-corrected chi connectivity index (χ3v) is 4.74. The summed E-state index contributed by atoms with van der Waals surface area (Å²) in [7, 11) is 0. The van der Waals surface area contributed by atoms with Crippen LogP contribution in [-0.2, 0) is 16.1 Å². The molecule has 0 radical (unpaired) electrons. The van der Waals surface area contributed by atoms with Crippen molar-refractivity contribution in [2.24, 2.45) is 0 Å². The number of anilines is 1. The first-order chi connectivity index (χ1) is 13.1. The molecule has 1 aromatic carbocycles. The Balaban J connectivity index is 1.40. The van der Waals surface area contributed by atoms with Gasteiger partial charge in [0.25, 0.3) is 11.8 Å². The maximum atomic E-state index is 12.4. The minimum absolute atomic E-state index is 0.112. The average Bonchev–Trinajstić information content (AvgIpc) is 3.35. The van der Waals surface area contributed by atoms with Crippen LogP contribution < -0.4 is 15.0 Å². The van der Waals surface area contributed by atoms with Crippen LogP contribution in [0.1, 0.15) is 12.7 Å². The van der Waals surface area contributed by atoms with Crippen molar-refractivity contribution in [1.29, 1.82) is 0 Å². The van der Waals surface area contributed by atoms with E-state index in [2.05, 4.69) is 15.5 Å². The molecule has 1 aliphatic rings. The van der Waals surface area contributed by atoms with E-state index in [-0.39, 0.29) is 24.9 Å². The second-order valence-electron chi connectivity index (χ2n) is 5.96. The van der Waals surface area contributed by atoms with Crippen molar-refractivity contribution in [2.75, 3.05) is 11.4 Å². The molecule has 0 aliphatic carbocycles. The van der Waals surface area contributed by atoms with E-state index in [0.29, 0.717) is 23.2 Å². The fraction of sp³-hybridized carbons (Fsp3) is 0.222. The van der Waals surface area contributed by atoms with Crippen molar-refractivity contribution >= 4 is 28.8 Å². The lowest BCUT2D eigenvalue weighted by Gasteiger charge is -2.32. The summed E-state index contributed by atoms with van der Waals surface area (Å²) in [4.78, 5) is 30.4. The zero-order valence-electron chi connectivity index (χ0n) is 14.4. The zero-order valence-corrected chi connectivity index (χ0v) is 15.2. The zero-order chi connectivity index (χ0) is 18.8. The van der Waals surface area contributed by atoms with Crippen LogP contribution in [0.25, 0.3) is 11.5 Å². The normalized spacial score (nSPS) is 16.0. The molecule has 1 aliphatic heterocycles. The number of aromatic nitrogens is 2. The summed E-state index contributed by atoms with van der Waals surface area (Å²) >= 11 is 1.53. The van der Waals surface area contributed by atoms with Crippen LogP contribution in [0.15, 0.2) is 45.6 Å². The summed E-state index contributed by atoms with van der Waals surface area (Å²) in [5.74, 6) is 0.770. The molecule has 4 rings (SSSR count). The predicted octanol–water partition coefficient (Wildman–Crippen LogP) is 2.23. The molecule has 1 N–H and O–H groups in total. The van der Waals surface area contributed by atoms with Gasteiger partial charge in [0.2, 0.25) is 5.91 Å². The largest absolute Gasteiger partial charge is 0.479 e. The topological polar surface area (TPSA) is 97.6 Å². The molecule has 3 aromatic rings. The Morgan fingerprint density at radius 2 is 2.19 bits per heavy atom. The molecule has 9 heteroatoms. The van der Waals surface area contributed by atoms with E-state index in [9.17, 15) is 9.59 Å². The highest BCUT2D eigenvalue weighted by Gasteiger charge is 2.32. The molecule has 0 bridgehead atoms. The number of hydrogen-bond acceptors (Lipinski definition) is 7. The molecule has 0 spiro atoms. The van der Waals surface area contributed by atoms with Crippen LogP contribution >= 0.6 is 11.3 Å². The first kappa shape index (κ1) is 17.2. The number of carbonyl (C=O) groups is 2. The molecule has 1 atom stereocenters. The molecule has 3 heterocycles. The number of nitrogens with zero attached hydrogens (tertiary/aromatic N) is 3. The van der Waals surface area contributed by atoms with Gasteiger partial charge in [-0.25, -0.2) is 0 Å². The third kappa shape index (κ3) is 3.54. The predicted molar refractivity (Wildman–Crippen MR) is 98.3 cm³/mol. The molecule has 27 heavy (non-hydrogen) atoms. The van der Waals surface area contributed by atoms with Crippen molar-refractivity contribution in [3.63, 3.8) is 0 Å². The highest BCUT2D eigenvalue weighted by atomic mass is 32.1. The summed E-state index contributed by atoms with van der Waals surface area (Å²) in [5.41, 5.74) is 1.42. The molecule has 138 valence electrons. The number of nitrogens with one attached hydrogen (secondary N) is 1. The van der Waals surface area contributed by atoms with E-state index in [1.54, 1.807) is 25.1 Å². The van der Waals surface area contributed by atoms with Crippen LogP contribution in [0.4, 0.5) is 5.69 Å². The summed E-state index contributed by atoms with van der Waals surface area (Å²) in [6.07, 6.45) is -0.641. The number of para-hydroxylation sites is 2. The maximum absolute atomic E-state index is 12.4. The molecule has 0 unspecified atom stereocenters. The van der Waals surface area contributed by atoms with Crippen molar-refractivity contribution < 1.29 is 18.8 Å². The van der Waals surface area contributed by atoms with Gasteiger partial charge in [0, 0.05) is 5.38 Å². The van der Waals surface area contributed by atoms with E-state index < -0.39 is 6.10 Å². The molecule has 2 aromatic heterocycles. The second-order valence-corrected chi connectivity index (χ2v) is 6.74. The Morgan fingerprint density at radius 3 is 3.00 bits per heavy atom. The maximum Gasteiger partial charge on any atom is 0.268 e. The van der Waals surface area contributed by atoms with Crippen LogP contribution in [0.2, 0.25) is 0 Å². The SMILES string of the molecule is C[C@@H]1Oc2ccccc2N(CC(=O)NCc2noc(-c3ccsc3)n2)C1=O. The molecular formula is C18H16N4O4S. The van der Waals surface area contributed by atoms with Crippen molar-refractivity contribution in [3.8, 4) is 17.2 Å². The van der Waals surface area contributed by atoms with E-state index in [1.165, 1.54) is 16.2 Å². The van der Waals surface area contributed by atoms with Gasteiger partial charge in [-0.3, -0.25) is 14.5 Å². The Bertz CT molecular complexity index is 969. The summed E-state index contributed by atoms with van der Waals surface area (Å²) < 4.78 is 10.8. The van der Waals surface area contributed by atoms with Gasteiger partial charge in [-0.2, -0.15) is 16.3 Å². The Labute approximate surface area is 158 Å². The van der Waals surface area contributed by atoms with E-state index >= 15 is 0 Å². The second kappa shape index (κ2) is 7.20. The number of amides is 2. The first-order valence-corrected chi connectivity index (χ1v) is 9.25. The molecule has 0 fully saturated rings. The average molecular weight is 384 g/mol. The van der Waals surface area contributed by atoms with E-state index in [4.69, 9.17) is 9.26 Å². The number of rotatable bonds is 5. The quantitative estimate of drug-likeness (QED) is 0.724. The molecular weight excluding hydrogens is 368 g/mol. The van der Waals surface area contributed by atoms with Gasteiger partial charge in [-0.05, 0) is 30.5 Å². The fourth-order valence-electron chi connectivity index (χ4n) is 2.73. The van der Waals surface area contributed by atoms with Crippen molar-refractivity contribution in [2.45, 2.75) is 19.6 Å². The number of ether oxygens (including phenoxy) is 1. The molecule has 2 amide bonds. The Kier molecular flexibility index (Phi) is 4.59. The molecule has 8 nitrogen and oxygen atoms in total. The summed E-state index contributed by atoms with van der Waals surface area (Å²) in [6, 6.07) is 9.01. The van der Waals surface area contributed by atoms with Gasteiger partial charge in [0.15, 0.2) is 11.9 Å². The smallest absolute Gasteiger partial charge is 0.268 e. The van der Waals surface area contributed by atoms with Crippen LogP contribution in [0.3, 0.4) is 0 Å². The Hall–Kier alpha value is -3.20. The van der Waals surface area contributed by atoms with Gasteiger partial charge in [0.1, 0.15) is 12.3 Å². The number of carbonyl (C=O) groups excluding carboxylic acids is 2. The highest BCUT2D eigenvalue weighted by Crippen LogP contribution is 2.33. The van der Waals surface area contributed by atoms with Gasteiger partial charge in [-0.1, -0.05) is 17.3 Å². The van der Waals surface area contributed by atoms with Crippen molar-refractivity contribution in [3.05, 3.63) is 46.9 Å². The number of benzene rings is 1. The van der Waals surface area contributed by atoms with Crippen LogP contribution in [-0.4, -0.2) is 34.6 Å². The molecule has 0 saturated heterocycles. The number of thiophene rings is 1. The Morgan fingerprint density at radius 1 is 1.33 bits per heavy atom. The van der Waals surface area contributed by atoms with Gasteiger partial charge >= 0.3 is 0 Å². The van der Waals surface area contributed by atoms with Gasteiger partial charge in [0.05, 0.1) is 17.8 Å². The highest BCUT2D eigenvalue weighted by molar-refractivity contribution is 7.08. The lowest BCUT2D eigenvalue weighted by atomic mass is 10.2. The minimum Gasteiger partial charge on any atom is -0.479 e. The first-order valence-electron chi connectivity index (χ1n) is 8.31. The standard InChI is InChI=1S/C18H16N4O4S/c1-11-18(24)22(13-4-2-3-5-14(13)25-11)9-16(23)19-8-15-20-17(26-21-15)12-6-7-27-10-12/h2-7,10-11H,8-9H2,1H3,(H,19,23)/t11-/m0/s1.